The van der Waals surface area contributed by atoms with Crippen molar-refractivity contribution in [1.29, 1.82) is 0 Å². The third kappa shape index (κ3) is 4.02. The third-order valence-electron chi connectivity index (χ3n) is 2.38. The Bertz CT molecular complexity index is 392. The molecule has 0 radical (unpaired) electrons. The van der Waals surface area contributed by atoms with Crippen molar-refractivity contribution in [1.82, 2.24) is 4.90 Å². The van der Waals surface area contributed by atoms with E-state index in [2.05, 4.69) is 0 Å². The molecule has 100 valence electrons. The number of carbonyl (C=O) groups excluding carboxylic acids is 1. The van der Waals surface area contributed by atoms with Gasteiger partial charge >= 0.3 is 0 Å². The molecule has 0 saturated heterocycles. The van der Waals surface area contributed by atoms with Crippen LogP contribution in [0.15, 0.2) is 18.2 Å². The average molecular weight is 311 g/mol. The summed E-state index contributed by atoms with van der Waals surface area (Å²) in [5.74, 6) is 0.112. The first-order valence-corrected chi connectivity index (χ1v) is 6.69. The number of alkyl halides is 1. The average Bonchev–Trinajstić information content (AvgIpc) is 2.34. The molecule has 6 heteroatoms. The van der Waals surface area contributed by atoms with Gasteiger partial charge in [0, 0.05) is 26.1 Å². The summed E-state index contributed by atoms with van der Waals surface area (Å²) in [6.07, 6.45) is 0. The van der Waals surface area contributed by atoms with E-state index in [0.717, 1.165) is 0 Å². The van der Waals surface area contributed by atoms with Crippen LogP contribution in [0.2, 0.25) is 10.0 Å². The first-order chi connectivity index (χ1) is 8.61. The summed E-state index contributed by atoms with van der Waals surface area (Å²) in [4.78, 5) is 13.9. The molecule has 0 spiro atoms. The molecule has 1 aromatic rings. The van der Waals surface area contributed by atoms with Crippen molar-refractivity contribution < 1.29 is 9.53 Å². The van der Waals surface area contributed by atoms with E-state index in [1.165, 1.54) is 0 Å². The lowest BCUT2D eigenvalue weighted by molar-refractivity contribution is 0.0708. The molecule has 0 aliphatic rings. The van der Waals surface area contributed by atoms with E-state index in [1.807, 2.05) is 0 Å². The monoisotopic (exact) mass is 309 g/mol. The van der Waals surface area contributed by atoms with Gasteiger partial charge in [-0.15, -0.1) is 11.6 Å². The predicted molar refractivity (Wildman–Crippen MR) is 75.0 cm³/mol. The highest BCUT2D eigenvalue weighted by Crippen LogP contribution is 2.25. The van der Waals surface area contributed by atoms with Gasteiger partial charge in [0.25, 0.3) is 5.91 Å². The molecule has 1 aromatic carbocycles. The van der Waals surface area contributed by atoms with Crippen LogP contribution in [0.3, 0.4) is 0 Å². The maximum atomic E-state index is 12.3. The smallest absolute Gasteiger partial charge is 0.257 e. The largest absolute Gasteiger partial charge is 0.383 e. The van der Waals surface area contributed by atoms with Crippen molar-refractivity contribution in [3.63, 3.8) is 0 Å². The Hall–Kier alpha value is -0.480. The molecule has 18 heavy (non-hydrogen) atoms. The van der Waals surface area contributed by atoms with E-state index in [4.69, 9.17) is 39.5 Å². The third-order valence-corrected chi connectivity index (χ3v) is 3.18. The minimum Gasteiger partial charge on any atom is -0.383 e. The second-order valence-electron chi connectivity index (χ2n) is 3.57. The van der Waals surface area contributed by atoms with Crippen molar-refractivity contribution in [3.05, 3.63) is 33.8 Å². The van der Waals surface area contributed by atoms with Crippen molar-refractivity contribution >= 4 is 40.7 Å². The summed E-state index contributed by atoms with van der Waals surface area (Å²) in [5, 5.41) is 0.675. The zero-order valence-corrected chi connectivity index (χ0v) is 12.2. The first-order valence-electron chi connectivity index (χ1n) is 5.40. The highest BCUT2D eigenvalue weighted by molar-refractivity contribution is 6.39. The molecule has 0 unspecified atom stereocenters. The van der Waals surface area contributed by atoms with Gasteiger partial charge in [0.2, 0.25) is 0 Å². The Kier molecular flexibility index (Phi) is 6.79. The van der Waals surface area contributed by atoms with E-state index in [0.29, 0.717) is 41.2 Å². The Morgan fingerprint density at radius 2 is 1.89 bits per heavy atom. The van der Waals surface area contributed by atoms with Gasteiger partial charge in [-0.1, -0.05) is 29.3 Å². The minimum atomic E-state index is -0.233. The number of halogens is 3. The number of benzene rings is 1. The molecule has 0 heterocycles. The van der Waals surface area contributed by atoms with Crippen LogP contribution in [-0.4, -0.2) is 43.5 Å². The van der Waals surface area contributed by atoms with Gasteiger partial charge in [-0.25, -0.2) is 0 Å². The number of nitrogens with zero attached hydrogens (tertiary/aromatic N) is 1. The lowest BCUT2D eigenvalue weighted by Crippen LogP contribution is -2.35. The van der Waals surface area contributed by atoms with Crippen LogP contribution in [0.5, 0.6) is 0 Å². The zero-order valence-electron chi connectivity index (χ0n) is 9.96. The van der Waals surface area contributed by atoms with Crippen molar-refractivity contribution in [2.75, 3.05) is 32.7 Å². The molecule has 0 atom stereocenters. The van der Waals surface area contributed by atoms with Gasteiger partial charge in [0.1, 0.15) is 0 Å². The Labute approximate surface area is 122 Å². The van der Waals surface area contributed by atoms with Gasteiger partial charge in [-0.05, 0) is 12.1 Å². The summed E-state index contributed by atoms with van der Waals surface area (Å²) < 4.78 is 4.96. The molecule has 3 nitrogen and oxygen atoms in total. The number of carbonyl (C=O) groups is 1. The van der Waals surface area contributed by atoms with E-state index in [-0.39, 0.29) is 5.91 Å². The number of amides is 1. The molecular formula is C12H14Cl3NO2. The highest BCUT2D eigenvalue weighted by Gasteiger charge is 2.20. The fourth-order valence-corrected chi connectivity index (χ4v) is 2.24. The summed E-state index contributed by atoms with van der Waals surface area (Å²) in [5.41, 5.74) is 0.307. The molecule has 1 amide bonds. The van der Waals surface area contributed by atoms with Crippen LogP contribution in [-0.2, 0) is 4.74 Å². The number of hydrogen-bond acceptors (Lipinski definition) is 2. The number of rotatable bonds is 6. The maximum absolute atomic E-state index is 12.3. The summed E-state index contributed by atoms with van der Waals surface area (Å²) in [6.45, 7) is 1.31. The first kappa shape index (κ1) is 15.6. The van der Waals surface area contributed by atoms with Crippen molar-refractivity contribution in [3.8, 4) is 0 Å². The summed E-state index contributed by atoms with van der Waals surface area (Å²) in [6, 6.07) is 4.97. The van der Waals surface area contributed by atoms with Gasteiger partial charge in [-0.3, -0.25) is 4.79 Å². The highest BCUT2D eigenvalue weighted by atomic mass is 35.5. The number of ether oxygens (including phenoxy) is 1. The van der Waals surface area contributed by atoms with E-state index >= 15 is 0 Å². The van der Waals surface area contributed by atoms with Crippen LogP contribution >= 0.6 is 34.8 Å². The summed E-state index contributed by atoms with van der Waals surface area (Å²) >= 11 is 17.7. The van der Waals surface area contributed by atoms with Crippen LogP contribution in [0.25, 0.3) is 0 Å². The Morgan fingerprint density at radius 3 is 2.39 bits per heavy atom. The fourth-order valence-electron chi connectivity index (χ4n) is 1.48. The zero-order chi connectivity index (χ0) is 13.5. The van der Waals surface area contributed by atoms with E-state index in [1.54, 1.807) is 30.2 Å². The second-order valence-corrected chi connectivity index (χ2v) is 4.76. The molecule has 1 rings (SSSR count). The molecule has 0 aliphatic heterocycles. The van der Waals surface area contributed by atoms with Crippen molar-refractivity contribution in [2.45, 2.75) is 0 Å². The van der Waals surface area contributed by atoms with Crippen LogP contribution in [0.4, 0.5) is 0 Å². The molecule has 0 aromatic heterocycles. The fraction of sp³-hybridized carbons (Fsp3) is 0.417. The number of methoxy groups -OCH3 is 1. The molecular weight excluding hydrogens is 296 g/mol. The predicted octanol–water partition coefficient (Wildman–Crippen LogP) is 3.32. The van der Waals surface area contributed by atoms with E-state index in [9.17, 15) is 4.79 Å². The van der Waals surface area contributed by atoms with Crippen molar-refractivity contribution in [2.24, 2.45) is 0 Å². The molecule has 0 fully saturated rings. The standard InChI is InChI=1S/C12H14Cl3NO2/c1-18-8-7-16(6-5-13)12(17)11-9(14)3-2-4-10(11)15/h2-4H,5-8H2,1H3. The molecule has 0 saturated carbocycles. The lowest BCUT2D eigenvalue weighted by Gasteiger charge is -2.22. The molecule has 0 aliphatic carbocycles. The second kappa shape index (κ2) is 7.85. The summed E-state index contributed by atoms with van der Waals surface area (Å²) in [7, 11) is 1.58. The van der Waals surface area contributed by atoms with Gasteiger partial charge < -0.3 is 9.64 Å². The van der Waals surface area contributed by atoms with E-state index < -0.39 is 0 Å². The SMILES string of the molecule is COCCN(CCCl)C(=O)c1c(Cl)cccc1Cl. The van der Waals surface area contributed by atoms with Crippen LogP contribution in [0, 0.1) is 0 Å². The van der Waals surface area contributed by atoms with Crippen LogP contribution in [0.1, 0.15) is 10.4 Å². The number of hydrogen-bond donors (Lipinski definition) is 0. The van der Waals surface area contributed by atoms with Gasteiger partial charge in [0.05, 0.1) is 22.2 Å². The Morgan fingerprint density at radius 1 is 1.28 bits per heavy atom. The normalized spacial score (nSPS) is 10.4. The van der Waals surface area contributed by atoms with Crippen LogP contribution < -0.4 is 0 Å². The molecule has 0 N–H and O–H groups in total. The van der Waals surface area contributed by atoms with Gasteiger partial charge in [0.15, 0.2) is 0 Å². The maximum Gasteiger partial charge on any atom is 0.257 e. The minimum absolute atomic E-state index is 0.233. The lowest BCUT2D eigenvalue weighted by atomic mass is 10.2. The van der Waals surface area contributed by atoms with Gasteiger partial charge in [-0.2, -0.15) is 0 Å². The Balaban J connectivity index is 2.94. The topological polar surface area (TPSA) is 29.5 Å². The molecule has 0 bridgehead atoms. The quantitative estimate of drug-likeness (QED) is 0.754.